The van der Waals surface area contributed by atoms with Gasteiger partial charge in [-0.2, -0.15) is 0 Å². The summed E-state index contributed by atoms with van der Waals surface area (Å²) in [6.07, 6.45) is 8.22. The van der Waals surface area contributed by atoms with Gasteiger partial charge in [-0.25, -0.2) is 14.4 Å². The van der Waals surface area contributed by atoms with Gasteiger partial charge in [0.05, 0.1) is 17.1 Å². The van der Waals surface area contributed by atoms with Gasteiger partial charge in [-0.1, -0.05) is 19.1 Å². The number of benzene rings is 1. The number of aliphatic imine (C=N–C) groups is 2. The number of allylic oxidation sites excluding steroid dienone is 3. The average molecular weight is 319 g/mol. The molecule has 1 aromatic carbocycles. The van der Waals surface area contributed by atoms with E-state index in [1.807, 2.05) is 24.0 Å². The topological polar surface area (TPSA) is 45.0 Å². The Balaban J connectivity index is 1.78. The number of hydrogen-bond acceptors (Lipinski definition) is 4. The molecule has 5 rings (SSSR count). The second-order valence-electron chi connectivity index (χ2n) is 6.47. The zero-order valence-corrected chi connectivity index (χ0v) is 13.0. The molecule has 5 heteroatoms. The van der Waals surface area contributed by atoms with E-state index in [0.717, 1.165) is 17.0 Å². The number of carbonyl (C=O) groups is 1. The third kappa shape index (κ3) is 1.75. The minimum atomic E-state index is -0.304. The lowest BCUT2D eigenvalue weighted by Gasteiger charge is -2.29. The maximum absolute atomic E-state index is 13.9. The van der Waals surface area contributed by atoms with E-state index in [0.29, 0.717) is 23.6 Å². The fourth-order valence-electron chi connectivity index (χ4n) is 3.75. The van der Waals surface area contributed by atoms with Crippen molar-refractivity contribution in [2.24, 2.45) is 21.8 Å². The summed E-state index contributed by atoms with van der Waals surface area (Å²) in [5.74, 6) is 0.472. The lowest BCUT2D eigenvalue weighted by molar-refractivity contribution is -0.121. The van der Waals surface area contributed by atoms with Crippen LogP contribution in [0.5, 0.6) is 0 Å². The van der Waals surface area contributed by atoms with Gasteiger partial charge in [0, 0.05) is 41.8 Å². The van der Waals surface area contributed by atoms with Crippen molar-refractivity contribution in [1.29, 1.82) is 0 Å². The van der Waals surface area contributed by atoms with Crippen LogP contribution in [0.1, 0.15) is 13.3 Å². The third-order valence-electron chi connectivity index (χ3n) is 4.95. The normalized spacial score (nSPS) is 26.6. The molecule has 24 heavy (non-hydrogen) atoms. The highest BCUT2D eigenvalue weighted by Gasteiger charge is 2.40. The van der Waals surface area contributed by atoms with Gasteiger partial charge in [0.2, 0.25) is 0 Å². The quantitative estimate of drug-likeness (QED) is 0.732. The predicted octanol–water partition coefficient (Wildman–Crippen LogP) is 3.69. The summed E-state index contributed by atoms with van der Waals surface area (Å²) in [4.78, 5) is 23.1. The summed E-state index contributed by atoms with van der Waals surface area (Å²) >= 11 is 0. The van der Waals surface area contributed by atoms with Crippen molar-refractivity contribution >= 4 is 29.2 Å². The summed E-state index contributed by atoms with van der Waals surface area (Å²) in [6, 6.07) is 4.59. The minimum absolute atomic E-state index is 0.0284. The number of nitrogens with zero attached hydrogens (tertiary/aromatic N) is 3. The molecule has 0 amide bonds. The Morgan fingerprint density at radius 2 is 2.17 bits per heavy atom. The summed E-state index contributed by atoms with van der Waals surface area (Å²) in [5, 5.41) is 0. The lowest BCUT2D eigenvalue weighted by atomic mass is 9.86. The summed E-state index contributed by atoms with van der Waals surface area (Å²) in [6.45, 7) is 1.91. The van der Waals surface area contributed by atoms with Gasteiger partial charge < -0.3 is 4.90 Å². The molecule has 4 aliphatic rings. The molecule has 0 N–H and O–H groups in total. The minimum Gasteiger partial charge on any atom is -0.311 e. The van der Waals surface area contributed by atoms with E-state index in [1.165, 1.54) is 12.1 Å². The van der Waals surface area contributed by atoms with Crippen LogP contribution in [0.4, 0.5) is 15.8 Å². The highest BCUT2D eigenvalue weighted by Crippen LogP contribution is 2.48. The predicted molar refractivity (Wildman–Crippen MR) is 91.0 cm³/mol. The summed E-state index contributed by atoms with van der Waals surface area (Å²) in [5.41, 5.74) is 4.28. The molecule has 1 aromatic rings. The highest BCUT2D eigenvalue weighted by atomic mass is 19.1. The van der Waals surface area contributed by atoms with Crippen molar-refractivity contribution in [2.75, 3.05) is 4.90 Å². The average Bonchev–Trinajstić information content (AvgIpc) is 3.11. The zero-order chi connectivity index (χ0) is 16.4. The van der Waals surface area contributed by atoms with Crippen LogP contribution in [0.25, 0.3) is 0 Å². The molecule has 0 bridgehead atoms. The summed E-state index contributed by atoms with van der Waals surface area (Å²) in [7, 11) is 0. The van der Waals surface area contributed by atoms with Crippen LogP contribution < -0.4 is 4.90 Å². The maximum atomic E-state index is 13.9. The number of anilines is 1. The Morgan fingerprint density at radius 1 is 1.29 bits per heavy atom. The van der Waals surface area contributed by atoms with Crippen LogP contribution in [0.3, 0.4) is 0 Å². The SMILES string of the molecule is CC1C=C2C(C=C3C4=CC=NC4=Nc4ccc(F)cc4N32)CC1=O. The molecule has 3 heterocycles. The van der Waals surface area contributed by atoms with E-state index >= 15 is 0 Å². The van der Waals surface area contributed by atoms with Gasteiger partial charge >= 0.3 is 0 Å². The van der Waals surface area contributed by atoms with Crippen molar-refractivity contribution in [3.05, 3.63) is 59.2 Å². The van der Waals surface area contributed by atoms with Crippen molar-refractivity contribution in [3.63, 3.8) is 0 Å². The molecular formula is C19H14FN3O. The molecule has 3 aliphatic heterocycles. The molecule has 4 nitrogen and oxygen atoms in total. The van der Waals surface area contributed by atoms with E-state index in [2.05, 4.69) is 16.1 Å². The van der Waals surface area contributed by atoms with Crippen molar-refractivity contribution in [2.45, 2.75) is 13.3 Å². The Kier molecular flexibility index (Phi) is 2.61. The second-order valence-corrected chi connectivity index (χ2v) is 6.47. The van der Waals surface area contributed by atoms with Crippen LogP contribution in [0.15, 0.2) is 63.4 Å². The molecule has 0 radical (unpaired) electrons. The Labute approximate surface area is 138 Å². The van der Waals surface area contributed by atoms with E-state index < -0.39 is 0 Å². The largest absolute Gasteiger partial charge is 0.311 e. The smallest absolute Gasteiger partial charge is 0.161 e. The first kappa shape index (κ1) is 13.6. The second kappa shape index (κ2) is 4.60. The maximum Gasteiger partial charge on any atom is 0.161 e. The molecule has 0 fully saturated rings. The highest BCUT2D eigenvalue weighted by molar-refractivity contribution is 6.17. The first-order valence-electron chi connectivity index (χ1n) is 8.01. The lowest BCUT2D eigenvalue weighted by Crippen LogP contribution is -2.27. The molecule has 0 saturated carbocycles. The Morgan fingerprint density at radius 3 is 3.04 bits per heavy atom. The summed E-state index contributed by atoms with van der Waals surface area (Å²) < 4.78 is 13.9. The van der Waals surface area contributed by atoms with Crippen LogP contribution in [0, 0.1) is 17.7 Å². The first-order chi connectivity index (χ1) is 11.6. The van der Waals surface area contributed by atoms with Crippen LogP contribution in [0.2, 0.25) is 0 Å². The monoisotopic (exact) mass is 319 g/mol. The Bertz CT molecular complexity index is 951. The number of Topliss-reactive ketones (excluding diaryl/α,β-unsaturated/α-hetero) is 1. The fourth-order valence-corrected chi connectivity index (χ4v) is 3.75. The molecule has 0 spiro atoms. The number of halogens is 1. The number of carbonyl (C=O) groups excluding carboxylic acids is 1. The van der Waals surface area contributed by atoms with Crippen LogP contribution >= 0.6 is 0 Å². The van der Waals surface area contributed by atoms with Crippen molar-refractivity contribution in [1.82, 2.24) is 0 Å². The number of amidine groups is 1. The third-order valence-corrected chi connectivity index (χ3v) is 4.95. The van der Waals surface area contributed by atoms with Gasteiger partial charge in [0.1, 0.15) is 11.6 Å². The molecular weight excluding hydrogens is 305 g/mol. The number of ketones is 1. The molecule has 1 aliphatic carbocycles. The van der Waals surface area contributed by atoms with Gasteiger partial charge in [-0.3, -0.25) is 4.79 Å². The fraction of sp³-hybridized carbons (Fsp3) is 0.211. The number of hydrogen-bond donors (Lipinski definition) is 0. The van der Waals surface area contributed by atoms with Crippen molar-refractivity contribution in [3.8, 4) is 0 Å². The van der Waals surface area contributed by atoms with Crippen LogP contribution in [-0.4, -0.2) is 17.8 Å². The number of fused-ring (bicyclic) bond motifs is 7. The molecule has 118 valence electrons. The van der Waals surface area contributed by atoms with E-state index in [9.17, 15) is 9.18 Å². The van der Waals surface area contributed by atoms with Crippen molar-refractivity contribution < 1.29 is 9.18 Å². The van der Waals surface area contributed by atoms with E-state index in [1.54, 1.807) is 12.3 Å². The van der Waals surface area contributed by atoms with E-state index in [-0.39, 0.29) is 23.4 Å². The Hall–Kier alpha value is -2.82. The first-order valence-corrected chi connectivity index (χ1v) is 8.01. The van der Waals surface area contributed by atoms with E-state index in [4.69, 9.17) is 0 Å². The van der Waals surface area contributed by atoms with Gasteiger partial charge in [0.25, 0.3) is 0 Å². The standard InChI is InChI=1S/C19H14FN3O/c1-10-6-15-11(8-18(10)24)7-16-13-4-5-21-19(13)22-14-3-2-12(20)9-17(14)23(15)16/h2-7,9-11H,8H2,1H3. The number of rotatable bonds is 0. The molecule has 2 atom stereocenters. The zero-order valence-electron chi connectivity index (χ0n) is 13.0. The van der Waals surface area contributed by atoms with Gasteiger partial charge in [-0.15, -0.1) is 0 Å². The molecule has 2 unspecified atom stereocenters. The van der Waals surface area contributed by atoms with Crippen LogP contribution in [-0.2, 0) is 4.79 Å². The molecule has 0 saturated heterocycles. The molecule has 0 aromatic heterocycles. The van der Waals surface area contributed by atoms with Gasteiger partial charge in [0.15, 0.2) is 5.84 Å². The van der Waals surface area contributed by atoms with Gasteiger partial charge in [-0.05, 0) is 18.2 Å².